The Hall–Kier alpha value is -3.68. The van der Waals surface area contributed by atoms with Crippen LogP contribution in [0.5, 0.6) is 5.75 Å². The number of hydrogen-bond acceptors (Lipinski definition) is 6. The van der Waals surface area contributed by atoms with E-state index in [4.69, 9.17) is 14.5 Å². The molecule has 0 N–H and O–H groups in total. The van der Waals surface area contributed by atoms with Crippen molar-refractivity contribution in [2.24, 2.45) is 7.05 Å². The highest BCUT2D eigenvalue weighted by molar-refractivity contribution is 5.97. The molecule has 0 saturated heterocycles. The van der Waals surface area contributed by atoms with Crippen LogP contribution in [0.15, 0.2) is 30.3 Å². The van der Waals surface area contributed by atoms with Gasteiger partial charge in [-0.2, -0.15) is 0 Å². The van der Waals surface area contributed by atoms with Gasteiger partial charge in [0.15, 0.2) is 12.1 Å². The first kappa shape index (κ1) is 18.7. The maximum absolute atomic E-state index is 12.0. The number of esters is 1. The molecule has 0 bridgehead atoms. The number of pyridine rings is 1. The molecule has 3 aromatic heterocycles. The number of rotatable bonds is 5. The topological polar surface area (TPSA) is 88.2 Å². The number of nitrogens with zero attached hydrogens (tertiary/aromatic N) is 4. The van der Waals surface area contributed by atoms with Crippen molar-refractivity contribution in [2.45, 2.75) is 13.5 Å². The average Bonchev–Trinajstić information content (AvgIpc) is 3.28. The lowest BCUT2D eigenvalue weighted by atomic mass is 10.2. The minimum absolute atomic E-state index is 0.370. The Labute approximate surface area is 166 Å². The number of imidazole rings is 1. The number of aromatic nitrogens is 4. The first-order chi connectivity index (χ1) is 14.0. The molecule has 8 heteroatoms. The van der Waals surface area contributed by atoms with E-state index in [-0.39, 0.29) is 0 Å². The Bertz CT molecular complexity index is 1270. The van der Waals surface area contributed by atoms with Crippen LogP contribution in [-0.4, -0.2) is 45.6 Å². The molecule has 0 aliphatic heterocycles. The highest BCUT2D eigenvalue weighted by Crippen LogP contribution is 2.34. The van der Waals surface area contributed by atoms with Crippen LogP contribution in [0, 0.1) is 0 Å². The predicted molar refractivity (Wildman–Crippen MR) is 108 cm³/mol. The number of fused-ring (bicyclic) bond motifs is 2. The third kappa shape index (κ3) is 2.84. The fraction of sp³-hybridized carbons (Fsp3) is 0.238. The first-order valence-electron chi connectivity index (χ1n) is 9.11. The number of methoxy groups -OCH3 is 2. The van der Waals surface area contributed by atoms with E-state index >= 15 is 0 Å². The molecule has 0 spiro atoms. The molecular weight excluding hydrogens is 372 g/mol. The van der Waals surface area contributed by atoms with Gasteiger partial charge in [-0.3, -0.25) is 4.79 Å². The van der Waals surface area contributed by atoms with Crippen molar-refractivity contribution in [2.75, 3.05) is 14.2 Å². The van der Waals surface area contributed by atoms with E-state index in [0.717, 1.165) is 28.5 Å². The van der Waals surface area contributed by atoms with Gasteiger partial charge in [0.05, 0.1) is 31.0 Å². The van der Waals surface area contributed by atoms with E-state index in [1.165, 1.54) is 7.11 Å². The zero-order valence-corrected chi connectivity index (χ0v) is 16.6. The summed E-state index contributed by atoms with van der Waals surface area (Å²) in [5.74, 6) is 0.781. The predicted octanol–water partition coefficient (Wildman–Crippen LogP) is 3.22. The zero-order chi connectivity index (χ0) is 20.7. The molecule has 0 atom stereocenters. The molecule has 4 aromatic rings. The highest BCUT2D eigenvalue weighted by atomic mass is 16.5. The number of benzene rings is 1. The minimum atomic E-state index is -0.453. The van der Waals surface area contributed by atoms with Gasteiger partial charge >= 0.3 is 5.97 Å². The van der Waals surface area contributed by atoms with Crippen LogP contribution in [0.3, 0.4) is 0 Å². The van der Waals surface area contributed by atoms with Gasteiger partial charge in [-0.15, -0.1) is 0 Å². The summed E-state index contributed by atoms with van der Waals surface area (Å²) < 4.78 is 14.3. The van der Waals surface area contributed by atoms with E-state index in [1.54, 1.807) is 25.3 Å². The standard InChI is InChI=1S/C21H20N4O4/c1-5-25-16(9-12-6-7-14(11-26)22-19(12)25)20-23-15-8-13(21(27)29-4)10-17(28-3)18(15)24(20)2/h6-11H,5H2,1-4H3. The molecule has 148 valence electrons. The lowest BCUT2D eigenvalue weighted by Gasteiger charge is -2.09. The van der Waals surface area contributed by atoms with Crippen molar-refractivity contribution in [3.63, 3.8) is 0 Å². The third-order valence-electron chi connectivity index (χ3n) is 5.01. The Morgan fingerprint density at radius 1 is 1.17 bits per heavy atom. The minimum Gasteiger partial charge on any atom is -0.494 e. The highest BCUT2D eigenvalue weighted by Gasteiger charge is 2.21. The summed E-state index contributed by atoms with van der Waals surface area (Å²) >= 11 is 0. The summed E-state index contributed by atoms with van der Waals surface area (Å²) in [6.07, 6.45) is 0.736. The molecule has 0 fully saturated rings. The first-order valence-corrected chi connectivity index (χ1v) is 9.11. The van der Waals surface area contributed by atoms with Crippen LogP contribution < -0.4 is 4.74 Å². The Morgan fingerprint density at radius 3 is 2.62 bits per heavy atom. The maximum Gasteiger partial charge on any atom is 0.338 e. The molecule has 4 rings (SSSR count). The molecule has 0 amide bonds. The molecule has 0 saturated carbocycles. The summed E-state index contributed by atoms with van der Waals surface area (Å²) in [5.41, 5.74) is 3.72. The fourth-order valence-corrected chi connectivity index (χ4v) is 3.64. The second-order valence-electron chi connectivity index (χ2n) is 6.57. The second-order valence-corrected chi connectivity index (χ2v) is 6.57. The molecule has 0 radical (unpaired) electrons. The average molecular weight is 392 g/mol. The van der Waals surface area contributed by atoms with Crippen LogP contribution in [0.2, 0.25) is 0 Å². The molecule has 29 heavy (non-hydrogen) atoms. The monoisotopic (exact) mass is 392 g/mol. The lowest BCUT2D eigenvalue weighted by Crippen LogP contribution is -2.03. The largest absolute Gasteiger partial charge is 0.494 e. The fourth-order valence-electron chi connectivity index (χ4n) is 3.64. The molecular formula is C21H20N4O4. The van der Waals surface area contributed by atoms with Gasteiger partial charge in [-0.25, -0.2) is 14.8 Å². The third-order valence-corrected chi connectivity index (χ3v) is 5.01. The number of aldehydes is 1. The Balaban J connectivity index is 2.00. The summed E-state index contributed by atoms with van der Waals surface area (Å²) in [6.45, 7) is 2.67. The number of ether oxygens (including phenoxy) is 2. The molecule has 8 nitrogen and oxygen atoms in total. The van der Waals surface area contributed by atoms with Gasteiger partial charge in [0, 0.05) is 19.0 Å². The van der Waals surface area contributed by atoms with Crippen LogP contribution in [0.25, 0.3) is 33.6 Å². The van der Waals surface area contributed by atoms with Crippen molar-refractivity contribution < 1.29 is 19.1 Å². The molecule has 3 heterocycles. The molecule has 0 unspecified atom stereocenters. The van der Waals surface area contributed by atoms with Gasteiger partial charge in [0.2, 0.25) is 0 Å². The van der Waals surface area contributed by atoms with Crippen LogP contribution in [-0.2, 0) is 18.3 Å². The van der Waals surface area contributed by atoms with Gasteiger partial charge in [0.1, 0.15) is 22.6 Å². The van der Waals surface area contributed by atoms with Crippen LogP contribution in [0.1, 0.15) is 27.8 Å². The van der Waals surface area contributed by atoms with E-state index < -0.39 is 5.97 Å². The smallest absolute Gasteiger partial charge is 0.338 e. The molecule has 1 aromatic carbocycles. The van der Waals surface area contributed by atoms with Gasteiger partial charge in [-0.05, 0) is 37.3 Å². The summed E-state index contributed by atoms with van der Waals surface area (Å²) in [5, 5.41) is 0.918. The van der Waals surface area contributed by atoms with Gasteiger partial charge in [0.25, 0.3) is 0 Å². The van der Waals surface area contributed by atoms with Crippen LogP contribution >= 0.6 is 0 Å². The summed E-state index contributed by atoms with van der Waals surface area (Å²) in [4.78, 5) is 32.4. The van der Waals surface area contributed by atoms with Crippen molar-refractivity contribution in [1.82, 2.24) is 19.1 Å². The number of aryl methyl sites for hydroxylation is 2. The van der Waals surface area contributed by atoms with Gasteiger partial charge < -0.3 is 18.6 Å². The van der Waals surface area contributed by atoms with E-state index in [0.29, 0.717) is 34.9 Å². The normalized spacial score (nSPS) is 11.2. The number of hydrogen-bond donors (Lipinski definition) is 0. The van der Waals surface area contributed by atoms with E-state index in [1.807, 2.05) is 35.2 Å². The number of carbonyl (C=O) groups excluding carboxylic acids is 2. The van der Waals surface area contributed by atoms with E-state index in [2.05, 4.69) is 4.98 Å². The quantitative estimate of drug-likeness (QED) is 0.383. The van der Waals surface area contributed by atoms with Crippen molar-refractivity contribution in [3.05, 3.63) is 41.6 Å². The van der Waals surface area contributed by atoms with Crippen molar-refractivity contribution >= 4 is 34.3 Å². The van der Waals surface area contributed by atoms with Gasteiger partial charge in [-0.1, -0.05) is 0 Å². The molecule has 0 aliphatic carbocycles. The maximum atomic E-state index is 12.0. The summed E-state index contributed by atoms with van der Waals surface area (Å²) in [6, 6.07) is 8.90. The SMILES string of the molecule is CCn1c(-c2nc3cc(C(=O)OC)cc(OC)c3n2C)cc2ccc(C=O)nc21. The van der Waals surface area contributed by atoms with E-state index in [9.17, 15) is 9.59 Å². The summed E-state index contributed by atoms with van der Waals surface area (Å²) in [7, 11) is 4.78. The Kier molecular flexibility index (Phi) is 4.54. The van der Waals surface area contributed by atoms with Crippen molar-refractivity contribution in [3.8, 4) is 17.3 Å². The van der Waals surface area contributed by atoms with Crippen LogP contribution in [0.4, 0.5) is 0 Å². The lowest BCUT2D eigenvalue weighted by molar-refractivity contribution is 0.0600. The molecule has 0 aliphatic rings. The zero-order valence-electron chi connectivity index (χ0n) is 16.6. The van der Waals surface area contributed by atoms with Crippen molar-refractivity contribution in [1.29, 1.82) is 0 Å². The number of carbonyl (C=O) groups is 2. The second kappa shape index (κ2) is 7.05. The Morgan fingerprint density at radius 2 is 1.97 bits per heavy atom.